The Hall–Kier alpha value is -5.47. The molecule has 0 aromatic heterocycles. The van der Waals surface area contributed by atoms with E-state index >= 15 is 0 Å². The number of carbonyl (C=O) groups is 3. The summed E-state index contributed by atoms with van der Waals surface area (Å²) in [5.74, 6) is 0.374. The first-order valence-corrected chi connectivity index (χ1v) is 15.9. The Morgan fingerprint density at radius 1 is 0.980 bits per heavy atom. The van der Waals surface area contributed by atoms with Crippen LogP contribution in [-0.4, -0.2) is 69.6 Å². The van der Waals surface area contributed by atoms with Crippen LogP contribution in [0.3, 0.4) is 0 Å². The number of allylic oxidation sites excluding steroid dienone is 1. The first-order chi connectivity index (χ1) is 24.1. The molecule has 14 nitrogen and oxygen atoms in total. The van der Waals surface area contributed by atoms with E-state index in [4.69, 9.17) is 40.0 Å². The van der Waals surface area contributed by atoms with E-state index < -0.39 is 30.2 Å². The van der Waals surface area contributed by atoms with E-state index in [9.17, 15) is 19.5 Å². The highest BCUT2D eigenvalue weighted by Crippen LogP contribution is 2.37. The summed E-state index contributed by atoms with van der Waals surface area (Å²) in [6.07, 6.45) is 0.230. The average Bonchev–Trinajstić information content (AvgIpc) is 3.10. The van der Waals surface area contributed by atoms with Gasteiger partial charge in [0, 0.05) is 5.70 Å². The van der Waals surface area contributed by atoms with Crippen LogP contribution in [0.5, 0.6) is 23.0 Å². The Bertz CT molecular complexity index is 1750. The zero-order valence-electron chi connectivity index (χ0n) is 28.2. The summed E-state index contributed by atoms with van der Waals surface area (Å²) in [7, 11) is 2.74. The molecule has 0 unspecified atom stereocenters. The molecule has 50 heavy (non-hydrogen) atoms. The number of hydrogen-bond acceptors (Lipinski definition) is 12. The van der Waals surface area contributed by atoms with Gasteiger partial charge < -0.3 is 44.2 Å². The summed E-state index contributed by atoms with van der Waals surface area (Å²) < 4.78 is 32.9. The number of urea groups is 1. The summed E-state index contributed by atoms with van der Waals surface area (Å²) in [6.45, 7) is 5.73. The molecule has 0 fully saturated rings. The molecule has 0 saturated carbocycles. The van der Waals surface area contributed by atoms with Crippen molar-refractivity contribution in [3.63, 3.8) is 0 Å². The van der Waals surface area contributed by atoms with Crippen LogP contribution in [0.25, 0.3) is 0 Å². The van der Waals surface area contributed by atoms with Crippen LogP contribution in [0.2, 0.25) is 5.02 Å². The van der Waals surface area contributed by atoms with Crippen molar-refractivity contribution in [2.75, 3.05) is 34.0 Å². The van der Waals surface area contributed by atoms with Gasteiger partial charge in [-0.25, -0.2) is 14.4 Å². The number of hydrazone groups is 1. The van der Waals surface area contributed by atoms with E-state index in [1.807, 2.05) is 0 Å². The topological polar surface area (TPSA) is 175 Å². The number of halogens is 1. The molecule has 0 radical (unpaired) electrons. The number of nitrogens with one attached hydrogen (secondary N) is 3. The molecule has 3 aromatic rings. The third-order valence-corrected chi connectivity index (χ3v) is 7.49. The SMILES string of the molecule is CCOC(=O)c1ccc(COc2c(Cl)cc(/C=N/N[C@@H](O)COc3ccc([C@@H]4NC(=O)NC(C)=C4C(=O)OC)cc3OCC)cc2OC)cc1. The fourth-order valence-electron chi connectivity index (χ4n) is 4.88. The Morgan fingerprint density at radius 2 is 1.74 bits per heavy atom. The van der Waals surface area contributed by atoms with Crippen molar-refractivity contribution < 1.29 is 47.9 Å². The van der Waals surface area contributed by atoms with Crippen LogP contribution >= 0.6 is 11.6 Å². The molecular weight excluding hydrogens is 672 g/mol. The summed E-state index contributed by atoms with van der Waals surface area (Å²) in [5.41, 5.74) is 5.59. The Labute approximate surface area is 294 Å². The van der Waals surface area contributed by atoms with Gasteiger partial charge in [-0.15, -0.1) is 0 Å². The minimum absolute atomic E-state index is 0.175. The van der Waals surface area contributed by atoms with Crippen molar-refractivity contribution in [1.82, 2.24) is 16.1 Å². The number of methoxy groups -OCH3 is 2. The molecule has 0 spiro atoms. The lowest BCUT2D eigenvalue weighted by Gasteiger charge is -2.28. The van der Waals surface area contributed by atoms with E-state index in [0.717, 1.165) is 5.56 Å². The number of hydrogen-bond donors (Lipinski definition) is 4. The zero-order chi connectivity index (χ0) is 36.2. The number of rotatable bonds is 16. The number of carbonyl (C=O) groups excluding carboxylic acids is 3. The molecule has 0 bridgehead atoms. The summed E-state index contributed by atoms with van der Waals surface area (Å²) in [5, 5.41) is 20.2. The number of amides is 2. The van der Waals surface area contributed by atoms with Crippen LogP contribution in [0.15, 0.2) is 71.0 Å². The molecule has 0 aliphatic carbocycles. The average molecular weight is 711 g/mol. The van der Waals surface area contributed by atoms with E-state index in [-0.39, 0.29) is 23.8 Å². The molecule has 0 saturated heterocycles. The molecule has 1 aliphatic rings. The molecule has 266 valence electrons. The summed E-state index contributed by atoms with van der Waals surface area (Å²) >= 11 is 6.51. The molecule has 3 aromatic carbocycles. The third-order valence-electron chi connectivity index (χ3n) is 7.21. The van der Waals surface area contributed by atoms with Crippen molar-refractivity contribution in [2.24, 2.45) is 5.10 Å². The maximum atomic E-state index is 12.5. The molecule has 4 N–H and O–H groups in total. The number of aliphatic hydroxyl groups is 1. The minimum Gasteiger partial charge on any atom is -0.493 e. The molecule has 1 aliphatic heterocycles. The maximum absolute atomic E-state index is 12.5. The van der Waals surface area contributed by atoms with Gasteiger partial charge in [0.15, 0.2) is 29.2 Å². The van der Waals surface area contributed by atoms with E-state index in [0.29, 0.717) is 58.6 Å². The van der Waals surface area contributed by atoms with Gasteiger partial charge in [0.2, 0.25) is 0 Å². The van der Waals surface area contributed by atoms with Gasteiger partial charge >= 0.3 is 18.0 Å². The largest absolute Gasteiger partial charge is 0.493 e. The van der Waals surface area contributed by atoms with Gasteiger partial charge in [-0.1, -0.05) is 29.8 Å². The Balaban J connectivity index is 1.36. The van der Waals surface area contributed by atoms with Gasteiger partial charge in [-0.3, -0.25) is 5.43 Å². The van der Waals surface area contributed by atoms with E-state index in [1.54, 1.807) is 75.4 Å². The third kappa shape index (κ3) is 9.57. The highest BCUT2D eigenvalue weighted by molar-refractivity contribution is 6.32. The quantitative estimate of drug-likeness (QED) is 0.0706. The van der Waals surface area contributed by atoms with Crippen molar-refractivity contribution in [3.8, 4) is 23.0 Å². The van der Waals surface area contributed by atoms with Gasteiger partial charge in [-0.2, -0.15) is 5.10 Å². The minimum atomic E-state index is -1.21. The van der Waals surface area contributed by atoms with Crippen molar-refractivity contribution in [1.29, 1.82) is 0 Å². The van der Waals surface area contributed by atoms with Crippen molar-refractivity contribution in [3.05, 3.63) is 93.1 Å². The van der Waals surface area contributed by atoms with Crippen LogP contribution in [-0.2, 0) is 20.9 Å². The molecule has 2 atom stereocenters. The molecule has 15 heteroatoms. The number of esters is 2. The lowest BCUT2D eigenvalue weighted by Crippen LogP contribution is -2.45. The highest BCUT2D eigenvalue weighted by atomic mass is 35.5. The Kier molecular flexibility index (Phi) is 13.3. The highest BCUT2D eigenvalue weighted by Gasteiger charge is 2.32. The lowest BCUT2D eigenvalue weighted by atomic mass is 9.95. The number of aliphatic hydroxyl groups excluding tert-OH is 1. The lowest BCUT2D eigenvalue weighted by molar-refractivity contribution is -0.136. The molecular formula is C35H39ClN4O10. The number of ether oxygens (including phenoxy) is 6. The second-order valence-corrected chi connectivity index (χ2v) is 11.1. The second-order valence-electron chi connectivity index (χ2n) is 10.7. The van der Waals surface area contributed by atoms with Crippen LogP contribution in [0, 0.1) is 0 Å². The van der Waals surface area contributed by atoms with Gasteiger partial charge in [0.05, 0.1) is 55.8 Å². The number of nitrogens with zero attached hydrogens (tertiary/aromatic N) is 1. The van der Waals surface area contributed by atoms with E-state index in [2.05, 4.69) is 21.2 Å². The predicted octanol–water partition coefficient (Wildman–Crippen LogP) is 4.62. The smallest absolute Gasteiger partial charge is 0.338 e. The van der Waals surface area contributed by atoms with E-state index in [1.165, 1.54) is 20.4 Å². The first kappa shape index (κ1) is 37.4. The summed E-state index contributed by atoms with van der Waals surface area (Å²) in [6, 6.07) is 13.8. The Morgan fingerprint density at radius 3 is 2.42 bits per heavy atom. The number of benzene rings is 3. The molecule has 4 rings (SSSR count). The van der Waals surface area contributed by atoms with Gasteiger partial charge in [-0.05, 0) is 73.9 Å². The summed E-state index contributed by atoms with van der Waals surface area (Å²) in [4.78, 5) is 36.5. The van der Waals surface area contributed by atoms with Crippen LogP contribution < -0.4 is 35.0 Å². The van der Waals surface area contributed by atoms with Gasteiger partial charge in [0.1, 0.15) is 13.2 Å². The second kappa shape index (κ2) is 17.8. The molecule has 1 heterocycles. The fourth-order valence-corrected chi connectivity index (χ4v) is 5.16. The standard InChI is InChI=1S/C35H39ClN4O10/c1-6-47-27-16-24(31-30(34(43)46-5)20(3)38-35(44)39-31)12-13-26(27)49-19-29(41)40-37-17-22-14-25(36)32(28(15-22)45-4)50-18-21-8-10-23(11-9-21)33(42)48-7-2/h8-17,29,31,40-41H,6-7,18-19H2,1-5H3,(H2,38,39,44)/b37-17+/t29-,31-/m0/s1. The predicted molar refractivity (Wildman–Crippen MR) is 184 cm³/mol. The monoisotopic (exact) mass is 710 g/mol. The van der Waals surface area contributed by atoms with Crippen LogP contribution in [0.1, 0.15) is 53.9 Å². The van der Waals surface area contributed by atoms with Gasteiger partial charge in [0.25, 0.3) is 0 Å². The maximum Gasteiger partial charge on any atom is 0.338 e. The van der Waals surface area contributed by atoms with Crippen LogP contribution in [0.4, 0.5) is 4.79 Å². The normalized spacial score (nSPS) is 14.7. The first-order valence-electron chi connectivity index (χ1n) is 15.6. The fraction of sp³-hybridized carbons (Fsp3) is 0.314. The molecule has 2 amide bonds. The van der Waals surface area contributed by atoms with Crippen molar-refractivity contribution >= 4 is 35.8 Å². The zero-order valence-corrected chi connectivity index (χ0v) is 29.0. The van der Waals surface area contributed by atoms with Crippen molar-refractivity contribution in [2.45, 2.75) is 39.6 Å².